The summed E-state index contributed by atoms with van der Waals surface area (Å²) in [5.41, 5.74) is 1.23. The van der Waals surface area contributed by atoms with Gasteiger partial charge in [-0.3, -0.25) is 4.79 Å². The average Bonchev–Trinajstić information content (AvgIpc) is 2.38. The van der Waals surface area contributed by atoms with E-state index in [4.69, 9.17) is 5.14 Å². The first-order valence-electron chi connectivity index (χ1n) is 5.63. The largest absolute Gasteiger partial charge is 0.289 e. The van der Waals surface area contributed by atoms with E-state index in [1.165, 1.54) is 12.1 Å². The van der Waals surface area contributed by atoms with Crippen LogP contribution in [-0.2, 0) is 10.0 Å². The molecule has 0 radical (unpaired) electrons. The number of carbonyl (C=O) groups is 1. The van der Waals surface area contributed by atoms with Crippen LogP contribution in [0.2, 0.25) is 0 Å². The highest BCUT2D eigenvalue weighted by Gasteiger charge is 2.18. The van der Waals surface area contributed by atoms with Gasteiger partial charge in [0.15, 0.2) is 5.78 Å². The molecule has 2 N–H and O–H groups in total. The molecule has 2 aromatic carbocycles. The van der Waals surface area contributed by atoms with E-state index in [1.54, 1.807) is 37.3 Å². The van der Waals surface area contributed by atoms with Gasteiger partial charge in [0.25, 0.3) is 0 Å². The first-order valence-corrected chi connectivity index (χ1v) is 7.18. The van der Waals surface area contributed by atoms with E-state index in [9.17, 15) is 13.2 Å². The molecule has 0 heterocycles. The van der Waals surface area contributed by atoms with E-state index in [0.29, 0.717) is 16.7 Å². The van der Waals surface area contributed by atoms with Gasteiger partial charge in [-0.25, -0.2) is 13.6 Å². The fraction of sp³-hybridized carbons (Fsp3) is 0.0714. The number of primary sulfonamides is 1. The summed E-state index contributed by atoms with van der Waals surface area (Å²) in [6.07, 6.45) is 0. The normalized spacial score (nSPS) is 11.3. The minimum Gasteiger partial charge on any atom is -0.289 e. The Morgan fingerprint density at radius 1 is 1.00 bits per heavy atom. The maximum atomic E-state index is 12.3. The molecule has 98 valence electrons. The highest BCUT2D eigenvalue weighted by atomic mass is 32.2. The molecule has 0 saturated heterocycles. The summed E-state index contributed by atoms with van der Waals surface area (Å²) in [4.78, 5) is 12.3. The van der Waals surface area contributed by atoms with Gasteiger partial charge in [0.2, 0.25) is 10.0 Å². The van der Waals surface area contributed by atoms with Gasteiger partial charge in [-0.15, -0.1) is 0 Å². The molecule has 0 aliphatic rings. The third-order valence-corrected chi connectivity index (χ3v) is 3.93. The van der Waals surface area contributed by atoms with Gasteiger partial charge in [0.1, 0.15) is 0 Å². The Balaban J connectivity index is 2.57. The molecule has 19 heavy (non-hydrogen) atoms. The number of ketones is 1. The Kier molecular flexibility index (Phi) is 3.50. The van der Waals surface area contributed by atoms with Crippen molar-refractivity contribution in [1.29, 1.82) is 0 Å². The molecule has 4 nitrogen and oxygen atoms in total. The third-order valence-electron chi connectivity index (χ3n) is 2.87. The van der Waals surface area contributed by atoms with Crippen molar-refractivity contribution in [2.24, 2.45) is 5.14 Å². The summed E-state index contributed by atoms with van der Waals surface area (Å²) in [5.74, 6) is -0.219. The summed E-state index contributed by atoms with van der Waals surface area (Å²) in [7, 11) is -3.82. The van der Waals surface area contributed by atoms with Crippen molar-refractivity contribution in [3.8, 4) is 0 Å². The fourth-order valence-corrected chi connectivity index (χ4v) is 2.72. The Hall–Kier alpha value is -1.98. The van der Waals surface area contributed by atoms with Crippen LogP contribution in [-0.4, -0.2) is 14.2 Å². The number of nitrogens with two attached hydrogens (primary N) is 1. The molecule has 0 amide bonds. The van der Waals surface area contributed by atoms with Crippen molar-refractivity contribution in [3.05, 3.63) is 65.2 Å². The number of hydrogen-bond acceptors (Lipinski definition) is 3. The minimum atomic E-state index is -3.82. The molecular weight excluding hydrogens is 262 g/mol. The minimum absolute atomic E-state index is 0.0192. The Labute approximate surface area is 111 Å². The molecule has 0 aliphatic carbocycles. The van der Waals surface area contributed by atoms with Crippen LogP contribution in [0.1, 0.15) is 21.5 Å². The Bertz CT molecular complexity index is 722. The zero-order valence-electron chi connectivity index (χ0n) is 10.3. The van der Waals surface area contributed by atoms with Crippen molar-refractivity contribution >= 4 is 15.8 Å². The van der Waals surface area contributed by atoms with E-state index < -0.39 is 10.0 Å². The third kappa shape index (κ3) is 2.72. The number of sulfonamides is 1. The van der Waals surface area contributed by atoms with Crippen molar-refractivity contribution in [2.75, 3.05) is 0 Å². The molecular formula is C14H13NO3S. The van der Waals surface area contributed by atoms with Crippen LogP contribution in [0.15, 0.2) is 53.4 Å². The van der Waals surface area contributed by atoms with Crippen molar-refractivity contribution in [2.45, 2.75) is 11.8 Å². The predicted octanol–water partition coefficient (Wildman–Crippen LogP) is 1.87. The lowest BCUT2D eigenvalue weighted by Gasteiger charge is -2.09. The zero-order valence-corrected chi connectivity index (χ0v) is 11.1. The maximum absolute atomic E-state index is 12.3. The zero-order chi connectivity index (χ0) is 14.0. The van der Waals surface area contributed by atoms with Crippen LogP contribution in [0.25, 0.3) is 0 Å². The molecule has 0 saturated carbocycles. The van der Waals surface area contributed by atoms with E-state index in [2.05, 4.69) is 0 Å². The first kappa shape index (κ1) is 13.5. The molecule has 0 atom stereocenters. The lowest BCUT2D eigenvalue weighted by molar-refractivity contribution is 0.103. The van der Waals surface area contributed by atoms with Crippen LogP contribution >= 0.6 is 0 Å². The van der Waals surface area contributed by atoms with E-state index in [0.717, 1.165) is 0 Å². The second-order valence-electron chi connectivity index (χ2n) is 4.17. The topological polar surface area (TPSA) is 77.2 Å². The van der Waals surface area contributed by atoms with Crippen LogP contribution in [0.4, 0.5) is 0 Å². The van der Waals surface area contributed by atoms with Gasteiger partial charge in [0.05, 0.1) is 4.90 Å². The molecule has 0 unspecified atom stereocenters. The number of rotatable bonds is 3. The second kappa shape index (κ2) is 4.95. The number of carbonyl (C=O) groups excluding carboxylic acids is 1. The van der Waals surface area contributed by atoms with E-state index in [-0.39, 0.29) is 10.7 Å². The van der Waals surface area contributed by atoms with Gasteiger partial charge in [-0.05, 0) is 18.6 Å². The maximum Gasteiger partial charge on any atom is 0.238 e. The highest BCUT2D eigenvalue weighted by Crippen LogP contribution is 2.20. The van der Waals surface area contributed by atoms with Crippen molar-refractivity contribution in [3.63, 3.8) is 0 Å². The highest BCUT2D eigenvalue weighted by molar-refractivity contribution is 7.89. The molecule has 0 aliphatic heterocycles. The second-order valence-corrected chi connectivity index (χ2v) is 5.70. The van der Waals surface area contributed by atoms with Gasteiger partial charge >= 0.3 is 0 Å². The van der Waals surface area contributed by atoms with E-state index >= 15 is 0 Å². The van der Waals surface area contributed by atoms with Gasteiger partial charge < -0.3 is 0 Å². The summed E-state index contributed by atoms with van der Waals surface area (Å²) < 4.78 is 22.9. The summed E-state index contributed by atoms with van der Waals surface area (Å²) in [6.45, 7) is 1.58. The standard InChI is InChI=1S/C14H13NO3S/c1-10-12(8-5-9-13(10)19(15,17)18)14(16)11-6-3-2-4-7-11/h2-9H,1H3,(H2,15,17,18). The van der Waals surface area contributed by atoms with Crippen molar-refractivity contribution < 1.29 is 13.2 Å². The van der Waals surface area contributed by atoms with Gasteiger partial charge in [-0.1, -0.05) is 42.5 Å². The first-order chi connectivity index (χ1) is 8.91. The molecule has 0 bridgehead atoms. The molecule has 0 aromatic heterocycles. The summed E-state index contributed by atoms with van der Waals surface area (Å²) in [6, 6.07) is 13.2. The Morgan fingerprint density at radius 2 is 1.63 bits per heavy atom. The quantitative estimate of drug-likeness (QED) is 0.869. The molecule has 2 rings (SSSR count). The summed E-state index contributed by atoms with van der Waals surface area (Å²) >= 11 is 0. The number of benzene rings is 2. The number of hydrogen-bond donors (Lipinski definition) is 1. The fourth-order valence-electron chi connectivity index (χ4n) is 1.91. The lowest BCUT2D eigenvalue weighted by Crippen LogP contribution is -2.15. The van der Waals surface area contributed by atoms with E-state index in [1.807, 2.05) is 6.07 Å². The monoisotopic (exact) mass is 275 g/mol. The SMILES string of the molecule is Cc1c(C(=O)c2ccccc2)cccc1S(N)(=O)=O. The molecule has 0 fully saturated rings. The van der Waals surface area contributed by atoms with Crippen LogP contribution in [0, 0.1) is 6.92 Å². The molecule has 5 heteroatoms. The van der Waals surface area contributed by atoms with Gasteiger partial charge in [-0.2, -0.15) is 0 Å². The van der Waals surface area contributed by atoms with Crippen molar-refractivity contribution in [1.82, 2.24) is 0 Å². The van der Waals surface area contributed by atoms with Gasteiger partial charge in [0, 0.05) is 11.1 Å². The molecule has 2 aromatic rings. The van der Waals surface area contributed by atoms with Crippen LogP contribution in [0.5, 0.6) is 0 Å². The smallest absolute Gasteiger partial charge is 0.238 e. The summed E-state index contributed by atoms with van der Waals surface area (Å²) in [5, 5.41) is 5.13. The predicted molar refractivity (Wildman–Crippen MR) is 72.4 cm³/mol. The van der Waals surface area contributed by atoms with Crippen LogP contribution < -0.4 is 5.14 Å². The molecule has 0 spiro atoms. The lowest BCUT2D eigenvalue weighted by atomic mass is 9.99. The average molecular weight is 275 g/mol. The Morgan fingerprint density at radius 3 is 2.21 bits per heavy atom. The van der Waals surface area contributed by atoms with Crippen LogP contribution in [0.3, 0.4) is 0 Å².